The fraction of sp³-hybridized carbons (Fsp3) is 0.538. The van der Waals surface area contributed by atoms with Crippen molar-refractivity contribution in [2.75, 3.05) is 0 Å². The van der Waals surface area contributed by atoms with E-state index in [-0.39, 0.29) is 17.4 Å². The highest BCUT2D eigenvalue weighted by Crippen LogP contribution is 2.23. The second-order valence-electron chi connectivity index (χ2n) is 5.34. The van der Waals surface area contributed by atoms with Crippen LogP contribution in [0.1, 0.15) is 32.8 Å². The smallest absolute Gasteiger partial charge is 0.162 e. The maximum Gasteiger partial charge on any atom is 0.162 e. The average molecular weight is 228 g/mol. The van der Waals surface area contributed by atoms with Crippen molar-refractivity contribution in [3.8, 4) is 0 Å². The summed E-state index contributed by atoms with van der Waals surface area (Å²) in [5.74, 6) is -1.71. The second-order valence-corrected chi connectivity index (χ2v) is 5.34. The third-order valence-electron chi connectivity index (χ3n) is 2.34. The van der Waals surface area contributed by atoms with Gasteiger partial charge in [0.1, 0.15) is 0 Å². The molecule has 90 valence electrons. The van der Waals surface area contributed by atoms with Crippen molar-refractivity contribution >= 4 is 0 Å². The number of hydrogen-bond acceptors (Lipinski definition) is 1. The van der Waals surface area contributed by atoms with Crippen molar-refractivity contribution in [1.29, 1.82) is 0 Å². The van der Waals surface area contributed by atoms with Crippen molar-refractivity contribution in [2.45, 2.75) is 39.7 Å². The van der Waals surface area contributed by atoms with Gasteiger partial charge >= 0.3 is 0 Å². The summed E-state index contributed by atoms with van der Waals surface area (Å²) in [6, 6.07) is 4.04. The van der Waals surface area contributed by atoms with Crippen LogP contribution in [0.15, 0.2) is 18.2 Å². The first-order valence-corrected chi connectivity index (χ1v) is 5.40. The minimum Gasteiger partial charge on any atom is -0.393 e. The second kappa shape index (κ2) is 4.91. The van der Waals surface area contributed by atoms with Crippen LogP contribution in [0.3, 0.4) is 0 Å². The van der Waals surface area contributed by atoms with Gasteiger partial charge in [-0.25, -0.2) is 8.78 Å². The Balaban J connectivity index is 2.70. The van der Waals surface area contributed by atoms with Gasteiger partial charge in [0.25, 0.3) is 0 Å². The van der Waals surface area contributed by atoms with E-state index in [2.05, 4.69) is 0 Å². The maximum absolute atomic E-state index is 13.3. The van der Waals surface area contributed by atoms with Crippen LogP contribution in [0.4, 0.5) is 8.78 Å². The molecule has 0 radical (unpaired) electrons. The normalized spacial score (nSPS) is 13.9. The van der Waals surface area contributed by atoms with Gasteiger partial charge in [-0.1, -0.05) is 32.9 Å². The fourth-order valence-electron chi connectivity index (χ4n) is 1.74. The van der Waals surface area contributed by atoms with E-state index in [1.54, 1.807) is 0 Å². The Labute approximate surface area is 95.1 Å². The third kappa shape index (κ3) is 3.89. The Morgan fingerprint density at radius 1 is 1.25 bits per heavy atom. The van der Waals surface area contributed by atoms with Crippen LogP contribution < -0.4 is 0 Å². The molecule has 1 aromatic carbocycles. The molecule has 0 bridgehead atoms. The Bertz CT molecular complexity index is 355. The third-order valence-corrected chi connectivity index (χ3v) is 2.34. The highest BCUT2D eigenvalue weighted by atomic mass is 19.2. The molecule has 0 aliphatic carbocycles. The lowest BCUT2D eigenvalue weighted by molar-refractivity contribution is 0.120. The molecule has 0 aliphatic heterocycles. The molecule has 0 aliphatic rings. The zero-order chi connectivity index (χ0) is 12.3. The number of benzene rings is 1. The molecule has 1 rings (SSSR count). The van der Waals surface area contributed by atoms with Gasteiger partial charge in [-0.2, -0.15) is 0 Å². The van der Waals surface area contributed by atoms with E-state index in [1.807, 2.05) is 20.8 Å². The zero-order valence-electron chi connectivity index (χ0n) is 9.93. The predicted molar refractivity (Wildman–Crippen MR) is 60.1 cm³/mol. The number of aliphatic hydroxyl groups excluding tert-OH is 1. The molecule has 0 aromatic heterocycles. The summed E-state index contributed by atoms with van der Waals surface area (Å²) in [5.41, 5.74) is 0.209. The van der Waals surface area contributed by atoms with Crippen LogP contribution in [-0.4, -0.2) is 11.2 Å². The first-order chi connectivity index (χ1) is 7.29. The molecule has 0 saturated heterocycles. The molecule has 16 heavy (non-hydrogen) atoms. The maximum atomic E-state index is 13.3. The highest BCUT2D eigenvalue weighted by molar-refractivity contribution is 5.19. The Hall–Kier alpha value is -0.960. The van der Waals surface area contributed by atoms with Crippen molar-refractivity contribution < 1.29 is 13.9 Å². The van der Waals surface area contributed by atoms with Gasteiger partial charge in [0.2, 0.25) is 0 Å². The lowest BCUT2D eigenvalue weighted by Gasteiger charge is -2.22. The lowest BCUT2D eigenvalue weighted by Crippen LogP contribution is -2.20. The molecule has 0 amide bonds. The van der Waals surface area contributed by atoms with Crippen LogP contribution >= 0.6 is 0 Å². The van der Waals surface area contributed by atoms with E-state index >= 15 is 0 Å². The van der Waals surface area contributed by atoms with E-state index in [0.717, 1.165) is 6.07 Å². The van der Waals surface area contributed by atoms with E-state index in [0.29, 0.717) is 6.42 Å². The minimum atomic E-state index is -0.861. The van der Waals surface area contributed by atoms with Crippen LogP contribution in [-0.2, 0) is 6.42 Å². The summed E-state index contributed by atoms with van der Waals surface area (Å²) in [7, 11) is 0. The minimum absolute atomic E-state index is 0.0246. The molecule has 0 heterocycles. The highest BCUT2D eigenvalue weighted by Gasteiger charge is 2.18. The van der Waals surface area contributed by atoms with Gasteiger partial charge in [0.05, 0.1) is 6.10 Å². The van der Waals surface area contributed by atoms with E-state index in [9.17, 15) is 13.9 Å². The molecule has 1 aromatic rings. The number of rotatable bonds is 3. The average Bonchev–Trinajstić information content (AvgIpc) is 2.09. The van der Waals surface area contributed by atoms with Crippen molar-refractivity contribution in [1.82, 2.24) is 0 Å². The topological polar surface area (TPSA) is 20.2 Å². The molecule has 1 unspecified atom stereocenters. The summed E-state index contributed by atoms with van der Waals surface area (Å²) in [4.78, 5) is 0. The summed E-state index contributed by atoms with van der Waals surface area (Å²) < 4.78 is 26.2. The van der Waals surface area contributed by atoms with Gasteiger partial charge in [-0.15, -0.1) is 0 Å². The number of aliphatic hydroxyl groups is 1. The first kappa shape index (κ1) is 13.1. The zero-order valence-corrected chi connectivity index (χ0v) is 9.93. The molecule has 0 fully saturated rings. The lowest BCUT2D eigenvalue weighted by atomic mass is 9.87. The quantitative estimate of drug-likeness (QED) is 0.841. The fourth-order valence-corrected chi connectivity index (χ4v) is 1.74. The first-order valence-electron chi connectivity index (χ1n) is 5.40. The van der Waals surface area contributed by atoms with Crippen LogP contribution in [0.2, 0.25) is 0 Å². The van der Waals surface area contributed by atoms with Crippen molar-refractivity contribution in [2.24, 2.45) is 5.41 Å². The summed E-state index contributed by atoms with van der Waals surface area (Å²) >= 11 is 0. The molecular formula is C13H18F2O. The van der Waals surface area contributed by atoms with Crippen molar-refractivity contribution in [3.63, 3.8) is 0 Å². The molecule has 3 heteroatoms. The molecule has 0 spiro atoms. The molecular weight excluding hydrogens is 210 g/mol. The van der Waals surface area contributed by atoms with Gasteiger partial charge in [0.15, 0.2) is 11.6 Å². The van der Waals surface area contributed by atoms with Gasteiger partial charge in [-0.3, -0.25) is 0 Å². The standard InChI is InChI=1S/C13H18F2O/c1-13(2,3)8-10(16)7-9-5-4-6-11(14)12(9)15/h4-6,10,16H,7-8H2,1-3H3. The van der Waals surface area contributed by atoms with E-state index in [1.165, 1.54) is 12.1 Å². The summed E-state index contributed by atoms with van der Waals surface area (Å²) in [6.07, 6.45) is 0.0698. The largest absolute Gasteiger partial charge is 0.393 e. The number of hydrogen-bond donors (Lipinski definition) is 1. The molecule has 1 N–H and O–H groups in total. The monoisotopic (exact) mass is 228 g/mol. The summed E-state index contributed by atoms with van der Waals surface area (Å²) in [6.45, 7) is 5.99. The predicted octanol–water partition coefficient (Wildman–Crippen LogP) is 3.30. The van der Waals surface area contributed by atoms with Crippen LogP contribution in [0.5, 0.6) is 0 Å². The summed E-state index contributed by atoms with van der Waals surface area (Å²) in [5, 5.41) is 9.76. The Morgan fingerprint density at radius 2 is 1.88 bits per heavy atom. The van der Waals surface area contributed by atoms with Crippen LogP contribution in [0.25, 0.3) is 0 Å². The molecule has 1 nitrogen and oxygen atoms in total. The van der Waals surface area contributed by atoms with Gasteiger partial charge in [0, 0.05) is 6.42 Å². The van der Waals surface area contributed by atoms with Crippen LogP contribution in [0, 0.1) is 17.0 Å². The molecule has 0 saturated carbocycles. The van der Waals surface area contributed by atoms with Gasteiger partial charge < -0.3 is 5.11 Å². The van der Waals surface area contributed by atoms with E-state index in [4.69, 9.17) is 0 Å². The van der Waals surface area contributed by atoms with Crippen molar-refractivity contribution in [3.05, 3.63) is 35.4 Å². The Morgan fingerprint density at radius 3 is 2.44 bits per heavy atom. The Kier molecular flexibility index (Phi) is 4.03. The number of halogens is 2. The van der Waals surface area contributed by atoms with E-state index < -0.39 is 17.7 Å². The van der Waals surface area contributed by atoms with Gasteiger partial charge in [-0.05, 0) is 23.5 Å². The SMILES string of the molecule is CC(C)(C)CC(O)Cc1cccc(F)c1F. The molecule has 1 atom stereocenters.